The lowest BCUT2D eigenvalue weighted by Crippen LogP contribution is -2.39. The number of amides is 3. The van der Waals surface area contributed by atoms with Crippen LogP contribution in [0.25, 0.3) is 6.08 Å². The Morgan fingerprint density at radius 3 is 2.73 bits per heavy atom. The summed E-state index contributed by atoms with van der Waals surface area (Å²) >= 11 is 0.831. The minimum Gasteiger partial charge on any atom is -0.488 e. The van der Waals surface area contributed by atoms with Crippen LogP contribution in [-0.4, -0.2) is 35.0 Å². The molecule has 0 aliphatic carbocycles. The van der Waals surface area contributed by atoms with Gasteiger partial charge in [-0.05, 0) is 42.8 Å². The minimum atomic E-state index is -0.467. The second-order valence-electron chi connectivity index (χ2n) is 6.93. The maximum Gasteiger partial charge on any atom is 0.294 e. The van der Waals surface area contributed by atoms with Crippen molar-refractivity contribution in [2.24, 2.45) is 0 Å². The summed E-state index contributed by atoms with van der Waals surface area (Å²) in [4.78, 5) is 38.0. The Hall–Kier alpha value is -3.06. The smallest absolute Gasteiger partial charge is 0.294 e. The van der Waals surface area contributed by atoms with Crippen molar-refractivity contribution in [1.29, 1.82) is 0 Å². The molecule has 1 heterocycles. The second-order valence-corrected chi connectivity index (χ2v) is 7.93. The third kappa shape index (κ3) is 5.51. The number of aryl methyl sites for hydroxylation is 1. The first-order valence-corrected chi connectivity index (χ1v) is 10.6. The number of para-hydroxylation sites is 1. The quantitative estimate of drug-likeness (QED) is 0.645. The third-order valence-electron chi connectivity index (χ3n) is 4.43. The molecule has 2 aromatic rings. The number of rotatable bonds is 8. The number of hydrogen-bond donors (Lipinski definition) is 1. The van der Waals surface area contributed by atoms with Gasteiger partial charge in [0.15, 0.2) is 0 Å². The van der Waals surface area contributed by atoms with Gasteiger partial charge in [0.05, 0.1) is 4.91 Å². The van der Waals surface area contributed by atoms with Crippen LogP contribution in [0, 0.1) is 6.92 Å². The molecule has 0 saturated carbocycles. The van der Waals surface area contributed by atoms with Crippen LogP contribution >= 0.6 is 11.8 Å². The molecule has 0 atom stereocenters. The molecule has 1 N–H and O–H groups in total. The third-order valence-corrected chi connectivity index (χ3v) is 5.34. The van der Waals surface area contributed by atoms with Crippen LogP contribution in [0.5, 0.6) is 5.75 Å². The van der Waals surface area contributed by atoms with Gasteiger partial charge in [-0.2, -0.15) is 0 Å². The molecular formula is C23H24N2O4S. The molecule has 0 unspecified atom stereocenters. The van der Waals surface area contributed by atoms with Crippen LogP contribution < -0.4 is 10.1 Å². The van der Waals surface area contributed by atoms with Crippen molar-refractivity contribution < 1.29 is 19.1 Å². The molecule has 7 heteroatoms. The van der Waals surface area contributed by atoms with E-state index >= 15 is 0 Å². The van der Waals surface area contributed by atoms with Crippen LogP contribution in [-0.2, 0) is 16.2 Å². The van der Waals surface area contributed by atoms with E-state index in [1.807, 2.05) is 56.3 Å². The van der Waals surface area contributed by atoms with E-state index < -0.39 is 11.1 Å². The van der Waals surface area contributed by atoms with Crippen LogP contribution in [0.4, 0.5) is 4.79 Å². The molecule has 3 rings (SSSR count). The Labute approximate surface area is 180 Å². The van der Waals surface area contributed by atoms with Gasteiger partial charge in [0, 0.05) is 12.1 Å². The molecule has 0 aromatic heterocycles. The van der Waals surface area contributed by atoms with Gasteiger partial charge in [0.2, 0.25) is 5.91 Å². The molecule has 30 heavy (non-hydrogen) atoms. The Morgan fingerprint density at radius 2 is 1.97 bits per heavy atom. The van der Waals surface area contributed by atoms with Gasteiger partial charge in [0.25, 0.3) is 11.1 Å². The number of nitrogens with zero attached hydrogens (tertiary/aromatic N) is 1. The fourth-order valence-electron chi connectivity index (χ4n) is 2.94. The number of thioether (sulfide) groups is 1. The van der Waals surface area contributed by atoms with E-state index in [9.17, 15) is 14.4 Å². The molecule has 1 aliphatic rings. The zero-order valence-corrected chi connectivity index (χ0v) is 17.8. The molecule has 0 radical (unpaired) electrons. The van der Waals surface area contributed by atoms with Gasteiger partial charge in [-0.3, -0.25) is 19.3 Å². The fourth-order valence-corrected chi connectivity index (χ4v) is 3.76. The Balaban J connectivity index is 1.73. The average molecular weight is 425 g/mol. The fraction of sp³-hybridized carbons (Fsp3) is 0.261. The summed E-state index contributed by atoms with van der Waals surface area (Å²) in [6, 6.07) is 15.4. The first kappa shape index (κ1) is 21.6. The summed E-state index contributed by atoms with van der Waals surface area (Å²) in [5, 5.41) is 2.23. The van der Waals surface area contributed by atoms with Crippen molar-refractivity contribution in [2.45, 2.75) is 26.9 Å². The van der Waals surface area contributed by atoms with Gasteiger partial charge in [-0.15, -0.1) is 0 Å². The van der Waals surface area contributed by atoms with Crippen molar-refractivity contribution in [2.75, 3.05) is 13.1 Å². The first-order valence-electron chi connectivity index (χ1n) is 9.77. The van der Waals surface area contributed by atoms with Crippen LogP contribution in [0.15, 0.2) is 53.4 Å². The molecule has 3 amide bonds. The molecular weight excluding hydrogens is 400 g/mol. The van der Waals surface area contributed by atoms with Crippen molar-refractivity contribution >= 4 is 34.9 Å². The van der Waals surface area contributed by atoms with Gasteiger partial charge in [-0.25, -0.2) is 0 Å². The Bertz CT molecular complexity index is 987. The number of hydrogen-bond acceptors (Lipinski definition) is 5. The molecule has 1 fully saturated rings. The van der Waals surface area contributed by atoms with Gasteiger partial charge < -0.3 is 10.1 Å². The Morgan fingerprint density at radius 1 is 1.17 bits per heavy atom. The van der Waals surface area contributed by atoms with Crippen molar-refractivity contribution in [3.63, 3.8) is 0 Å². The zero-order valence-electron chi connectivity index (χ0n) is 17.0. The lowest BCUT2D eigenvalue weighted by molar-refractivity contribution is -0.129. The molecule has 156 valence electrons. The second kappa shape index (κ2) is 10.1. The van der Waals surface area contributed by atoms with Gasteiger partial charge in [-0.1, -0.05) is 55.0 Å². The standard InChI is InChI=1S/C23H24N2O4S/c1-3-11-24-21(26)14-25-22(27)20(30-23(25)28)13-18-9-4-5-10-19(18)29-15-17-8-6-7-16(2)12-17/h4-10,12-13H,3,11,14-15H2,1-2H3,(H,24,26)/b20-13-. The highest BCUT2D eigenvalue weighted by molar-refractivity contribution is 8.18. The van der Waals surface area contributed by atoms with E-state index in [2.05, 4.69) is 11.4 Å². The van der Waals surface area contributed by atoms with Crippen molar-refractivity contribution in [1.82, 2.24) is 10.2 Å². The molecule has 1 aliphatic heterocycles. The highest BCUT2D eigenvalue weighted by Crippen LogP contribution is 2.34. The number of ether oxygens (including phenoxy) is 1. The van der Waals surface area contributed by atoms with E-state index in [-0.39, 0.29) is 17.4 Å². The van der Waals surface area contributed by atoms with Gasteiger partial charge >= 0.3 is 0 Å². The summed E-state index contributed by atoms with van der Waals surface area (Å²) in [7, 11) is 0. The summed E-state index contributed by atoms with van der Waals surface area (Å²) in [6.45, 7) is 4.59. The molecule has 0 spiro atoms. The number of benzene rings is 2. The van der Waals surface area contributed by atoms with E-state index in [4.69, 9.17) is 4.74 Å². The number of imide groups is 1. The molecule has 6 nitrogen and oxygen atoms in total. The predicted octanol–water partition coefficient (Wildman–Crippen LogP) is 4.14. The summed E-state index contributed by atoms with van der Waals surface area (Å²) in [5.74, 6) is -0.195. The first-order chi connectivity index (χ1) is 14.5. The normalized spacial score (nSPS) is 15.0. The largest absolute Gasteiger partial charge is 0.488 e. The van der Waals surface area contributed by atoms with Crippen molar-refractivity contribution in [3.8, 4) is 5.75 Å². The average Bonchev–Trinajstić information content (AvgIpc) is 2.99. The highest BCUT2D eigenvalue weighted by Gasteiger charge is 2.36. The summed E-state index contributed by atoms with van der Waals surface area (Å²) in [5.41, 5.74) is 2.90. The lowest BCUT2D eigenvalue weighted by atomic mass is 10.1. The van der Waals surface area contributed by atoms with Gasteiger partial charge in [0.1, 0.15) is 18.9 Å². The number of carbonyl (C=O) groups is 3. The van der Waals surface area contributed by atoms with E-state index in [1.54, 1.807) is 6.08 Å². The summed E-state index contributed by atoms with van der Waals surface area (Å²) < 4.78 is 5.96. The SMILES string of the molecule is CCCNC(=O)CN1C(=O)S/C(=C\c2ccccc2OCc2cccc(C)c2)C1=O. The lowest BCUT2D eigenvalue weighted by Gasteiger charge is -2.12. The molecule has 2 aromatic carbocycles. The number of nitrogens with one attached hydrogen (secondary N) is 1. The van der Waals surface area contributed by atoms with Crippen LogP contribution in [0.3, 0.4) is 0 Å². The molecule has 1 saturated heterocycles. The summed E-state index contributed by atoms with van der Waals surface area (Å²) in [6.07, 6.45) is 2.42. The Kier molecular flexibility index (Phi) is 7.30. The topological polar surface area (TPSA) is 75.7 Å². The van der Waals surface area contributed by atoms with E-state index in [0.29, 0.717) is 24.5 Å². The molecule has 0 bridgehead atoms. The maximum atomic E-state index is 12.7. The van der Waals surface area contributed by atoms with Crippen LogP contribution in [0.1, 0.15) is 30.0 Å². The monoisotopic (exact) mass is 424 g/mol. The predicted molar refractivity (Wildman–Crippen MR) is 118 cm³/mol. The van der Waals surface area contributed by atoms with Crippen LogP contribution in [0.2, 0.25) is 0 Å². The van der Waals surface area contributed by atoms with E-state index in [0.717, 1.165) is 34.2 Å². The maximum absolute atomic E-state index is 12.7. The zero-order chi connectivity index (χ0) is 21.5. The highest BCUT2D eigenvalue weighted by atomic mass is 32.2. The minimum absolute atomic E-state index is 0.270. The number of carbonyl (C=O) groups excluding carboxylic acids is 3. The van der Waals surface area contributed by atoms with E-state index in [1.165, 1.54) is 0 Å². The van der Waals surface area contributed by atoms with Crippen molar-refractivity contribution in [3.05, 3.63) is 70.1 Å².